The average molecular weight is 349 g/mol. The molecule has 3 rings (SSSR count). The van der Waals surface area contributed by atoms with Gasteiger partial charge in [-0.15, -0.1) is 11.3 Å². The molecule has 2 heterocycles. The molecular formula is C18H24FN3OS+2. The first-order valence-corrected chi connectivity index (χ1v) is 9.27. The van der Waals surface area contributed by atoms with Gasteiger partial charge in [0.2, 0.25) is 0 Å². The Kier molecular flexibility index (Phi) is 5.60. The van der Waals surface area contributed by atoms with E-state index in [0.717, 1.165) is 32.7 Å². The topological polar surface area (TPSA) is 38.0 Å². The smallest absolute Gasteiger partial charge is 0.282 e. The first kappa shape index (κ1) is 17.1. The Bertz CT molecular complexity index is 651. The number of quaternary nitrogens is 2. The minimum absolute atomic E-state index is 0.00156. The fourth-order valence-electron chi connectivity index (χ4n) is 3.16. The number of nitrogens with one attached hydrogen (secondary N) is 3. The first-order chi connectivity index (χ1) is 11.6. The SMILES string of the molecule is C[C@@H](C(=O)Nc1ccc(F)cc1)[NH+]1CC[NH+](Cc2cccs2)CC1. The van der Waals surface area contributed by atoms with Crippen LogP contribution in [0.25, 0.3) is 0 Å². The summed E-state index contributed by atoms with van der Waals surface area (Å²) in [5.74, 6) is -0.296. The van der Waals surface area contributed by atoms with Crippen LogP contribution in [0.3, 0.4) is 0 Å². The highest BCUT2D eigenvalue weighted by Crippen LogP contribution is 2.08. The van der Waals surface area contributed by atoms with Gasteiger partial charge in [0.15, 0.2) is 6.04 Å². The molecule has 6 heteroatoms. The molecule has 0 radical (unpaired) electrons. The molecule has 24 heavy (non-hydrogen) atoms. The van der Waals surface area contributed by atoms with Crippen LogP contribution < -0.4 is 15.1 Å². The van der Waals surface area contributed by atoms with E-state index in [0.29, 0.717) is 5.69 Å². The van der Waals surface area contributed by atoms with Crippen LogP contribution in [0, 0.1) is 5.82 Å². The normalized spacial score (nSPS) is 22.1. The van der Waals surface area contributed by atoms with E-state index in [2.05, 4.69) is 22.8 Å². The third-order valence-electron chi connectivity index (χ3n) is 4.72. The third kappa shape index (κ3) is 4.41. The van der Waals surface area contributed by atoms with Crippen LogP contribution >= 0.6 is 11.3 Å². The summed E-state index contributed by atoms with van der Waals surface area (Å²) in [5, 5.41) is 5.01. The van der Waals surface area contributed by atoms with Crippen LogP contribution in [0.5, 0.6) is 0 Å². The van der Waals surface area contributed by atoms with Crippen LogP contribution in [0.2, 0.25) is 0 Å². The quantitative estimate of drug-likeness (QED) is 0.709. The van der Waals surface area contributed by atoms with E-state index in [4.69, 9.17) is 0 Å². The lowest BCUT2D eigenvalue weighted by Crippen LogP contribution is -3.29. The summed E-state index contributed by atoms with van der Waals surface area (Å²) in [6.45, 7) is 7.22. The summed E-state index contributed by atoms with van der Waals surface area (Å²) >= 11 is 1.81. The van der Waals surface area contributed by atoms with Crippen molar-refractivity contribution in [3.63, 3.8) is 0 Å². The lowest BCUT2D eigenvalue weighted by atomic mass is 10.2. The van der Waals surface area contributed by atoms with Crippen molar-refractivity contribution in [1.82, 2.24) is 0 Å². The number of hydrogen-bond donors (Lipinski definition) is 3. The van der Waals surface area contributed by atoms with Crippen molar-refractivity contribution in [2.45, 2.75) is 19.5 Å². The van der Waals surface area contributed by atoms with Crippen LogP contribution in [0.1, 0.15) is 11.8 Å². The first-order valence-electron chi connectivity index (χ1n) is 8.39. The fraction of sp³-hybridized carbons (Fsp3) is 0.389. The number of benzene rings is 1. The number of amides is 1. The lowest BCUT2D eigenvalue weighted by Gasteiger charge is -2.32. The number of thiophene rings is 1. The molecule has 1 fully saturated rings. The van der Waals surface area contributed by atoms with Crippen LogP contribution in [-0.2, 0) is 11.3 Å². The second-order valence-corrected chi connectivity index (χ2v) is 7.41. The Hall–Kier alpha value is -1.76. The standard InChI is InChI=1S/C18H22FN3OS/c1-14(18(23)20-16-6-4-15(19)5-7-16)22-10-8-21(9-11-22)13-17-3-2-12-24-17/h2-7,12,14H,8-11,13H2,1H3,(H,20,23)/p+2/t14-/m0/s1. The van der Waals surface area contributed by atoms with Crippen LogP contribution in [0.15, 0.2) is 41.8 Å². The third-order valence-corrected chi connectivity index (χ3v) is 5.60. The Balaban J connectivity index is 1.48. The highest BCUT2D eigenvalue weighted by Gasteiger charge is 2.31. The van der Waals surface area contributed by atoms with E-state index in [-0.39, 0.29) is 17.8 Å². The van der Waals surface area contributed by atoms with Gasteiger partial charge in [-0.2, -0.15) is 0 Å². The zero-order chi connectivity index (χ0) is 16.9. The Labute approximate surface area is 145 Å². The summed E-state index contributed by atoms with van der Waals surface area (Å²) < 4.78 is 12.9. The Morgan fingerprint density at radius 2 is 1.92 bits per heavy atom. The Morgan fingerprint density at radius 1 is 1.21 bits per heavy atom. The van der Waals surface area contributed by atoms with E-state index in [1.54, 1.807) is 17.0 Å². The van der Waals surface area contributed by atoms with Gasteiger partial charge in [-0.3, -0.25) is 4.79 Å². The summed E-state index contributed by atoms with van der Waals surface area (Å²) in [6.07, 6.45) is 0. The molecule has 4 nitrogen and oxygen atoms in total. The van der Waals surface area contributed by atoms with E-state index < -0.39 is 0 Å². The number of rotatable bonds is 5. The van der Waals surface area contributed by atoms with Crippen molar-refractivity contribution in [3.8, 4) is 0 Å². The number of carbonyl (C=O) groups excluding carboxylic acids is 1. The summed E-state index contributed by atoms with van der Waals surface area (Å²) in [7, 11) is 0. The van der Waals surface area contributed by atoms with Crippen molar-refractivity contribution >= 4 is 22.9 Å². The molecule has 1 atom stereocenters. The highest BCUT2D eigenvalue weighted by molar-refractivity contribution is 7.09. The Morgan fingerprint density at radius 3 is 2.54 bits per heavy atom. The molecule has 1 aromatic heterocycles. The molecule has 0 spiro atoms. The van der Waals surface area contributed by atoms with Crippen molar-refractivity contribution < 1.29 is 19.0 Å². The van der Waals surface area contributed by atoms with Crippen molar-refractivity contribution in [3.05, 3.63) is 52.5 Å². The van der Waals surface area contributed by atoms with Crippen LogP contribution in [-0.4, -0.2) is 38.1 Å². The molecule has 0 saturated carbocycles. The molecule has 0 unspecified atom stereocenters. The summed E-state index contributed by atoms with van der Waals surface area (Å²) in [4.78, 5) is 16.7. The molecule has 3 N–H and O–H groups in total. The maximum Gasteiger partial charge on any atom is 0.282 e. The number of carbonyl (C=O) groups is 1. The second-order valence-electron chi connectivity index (χ2n) is 6.38. The number of halogens is 1. The van der Waals surface area contributed by atoms with Gasteiger partial charge in [-0.05, 0) is 42.6 Å². The molecule has 1 aliphatic heterocycles. The van der Waals surface area contributed by atoms with Gasteiger partial charge in [0.1, 0.15) is 38.5 Å². The molecule has 0 bridgehead atoms. The summed E-state index contributed by atoms with van der Waals surface area (Å²) in [5.41, 5.74) is 0.648. The molecular weight excluding hydrogens is 325 g/mol. The molecule has 2 aromatic rings. The monoisotopic (exact) mass is 349 g/mol. The van der Waals surface area contributed by atoms with Crippen molar-refractivity contribution in [2.75, 3.05) is 31.5 Å². The lowest BCUT2D eigenvalue weighted by molar-refractivity contribution is -1.02. The molecule has 1 saturated heterocycles. The number of anilines is 1. The van der Waals surface area contributed by atoms with E-state index >= 15 is 0 Å². The maximum absolute atomic E-state index is 12.9. The molecule has 128 valence electrons. The van der Waals surface area contributed by atoms with Crippen molar-refractivity contribution in [2.24, 2.45) is 0 Å². The van der Waals surface area contributed by atoms with E-state index in [1.165, 1.54) is 21.9 Å². The zero-order valence-corrected chi connectivity index (χ0v) is 14.7. The number of hydrogen-bond acceptors (Lipinski definition) is 2. The van der Waals surface area contributed by atoms with Gasteiger partial charge in [0.05, 0.1) is 4.88 Å². The minimum atomic E-state index is -0.295. The van der Waals surface area contributed by atoms with Gasteiger partial charge in [-0.25, -0.2) is 4.39 Å². The zero-order valence-electron chi connectivity index (χ0n) is 13.8. The van der Waals surface area contributed by atoms with E-state index in [9.17, 15) is 9.18 Å². The van der Waals surface area contributed by atoms with Gasteiger partial charge in [0, 0.05) is 5.69 Å². The number of piperazine rings is 1. The van der Waals surface area contributed by atoms with Crippen molar-refractivity contribution in [1.29, 1.82) is 0 Å². The minimum Gasteiger partial charge on any atom is -0.321 e. The molecule has 1 aliphatic rings. The maximum atomic E-state index is 12.9. The molecule has 0 aliphatic carbocycles. The predicted octanol–water partition coefficient (Wildman–Crippen LogP) is 0.198. The summed E-state index contributed by atoms with van der Waals surface area (Å²) in [6, 6.07) is 10.1. The second kappa shape index (κ2) is 7.88. The highest BCUT2D eigenvalue weighted by atomic mass is 32.1. The van der Waals surface area contributed by atoms with Gasteiger partial charge in [0.25, 0.3) is 5.91 Å². The largest absolute Gasteiger partial charge is 0.321 e. The van der Waals surface area contributed by atoms with Gasteiger partial charge >= 0.3 is 0 Å². The predicted molar refractivity (Wildman–Crippen MR) is 93.9 cm³/mol. The fourth-order valence-corrected chi connectivity index (χ4v) is 3.94. The van der Waals surface area contributed by atoms with Gasteiger partial charge in [-0.1, -0.05) is 6.07 Å². The average Bonchev–Trinajstić information content (AvgIpc) is 3.10. The van der Waals surface area contributed by atoms with Gasteiger partial charge < -0.3 is 15.1 Å². The molecule has 1 aromatic carbocycles. The van der Waals surface area contributed by atoms with Crippen LogP contribution in [0.4, 0.5) is 10.1 Å². The molecule has 1 amide bonds. The van der Waals surface area contributed by atoms with E-state index in [1.807, 2.05) is 18.3 Å².